The average Bonchev–Trinajstić information content (AvgIpc) is 0.754. The maximum Gasteiger partial charge on any atom is 0.330 e. The Labute approximate surface area is 768 Å². The number of halogens is 2. The molecule has 18 rings (SSSR count). The molecule has 3 saturated heterocycles. The lowest BCUT2D eigenvalue weighted by molar-refractivity contribution is -0.284. The first kappa shape index (κ1) is 94.1. The Morgan fingerprint density at radius 3 is 1.70 bits per heavy atom. The molecule has 23 atom stereocenters. The van der Waals surface area contributed by atoms with E-state index in [1.54, 1.807) is 0 Å². The van der Waals surface area contributed by atoms with Gasteiger partial charge in [-0.1, -0.05) is 102 Å². The number of hydrogen-bond acceptors (Lipinski definition) is 33. The number of aliphatic carboxylic acids is 1. The van der Waals surface area contributed by atoms with Gasteiger partial charge in [0.1, 0.15) is 150 Å². The number of carbonyl (C=O) groups is 8. The Hall–Kier alpha value is -13.1. The summed E-state index contributed by atoms with van der Waals surface area (Å²) in [6, 6.07) is 18.6. The molecular weight excluding hydrogens is 1800 g/mol. The van der Waals surface area contributed by atoms with E-state index in [4.69, 9.17) is 71.6 Å². The van der Waals surface area contributed by atoms with Crippen LogP contribution >= 0.6 is 23.2 Å². The number of rotatable bonds is 15. The van der Waals surface area contributed by atoms with Crippen molar-refractivity contribution in [3.63, 3.8) is 0 Å². The van der Waals surface area contributed by atoms with Gasteiger partial charge in [0.15, 0.2) is 35.3 Å². The van der Waals surface area contributed by atoms with Gasteiger partial charge in [0.25, 0.3) is 0 Å². The second-order valence-corrected chi connectivity index (χ2v) is 33.5. The third-order valence-corrected chi connectivity index (χ3v) is 24.3. The van der Waals surface area contributed by atoms with Crippen molar-refractivity contribution in [3.8, 4) is 91.2 Å². The lowest BCUT2D eigenvalue weighted by Crippen LogP contribution is -2.65. The van der Waals surface area contributed by atoms with E-state index in [1.165, 1.54) is 36.4 Å². The van der Waals surface area contributed by atoms with Crippen LogP contribution in [0.1, 0.15) is 87.7 Å². The molecule has 0 radical (unpaired) electrons. The Kier molecular flexibility index (Phi) is 27.5. The zero-order chi connectivity index (χ0) is 95.3. The molecule has 9 heterocycles. The normalized spacial score (nSPS) is 28.6. The molecule has 3 fully saturated rings. The minimum Gasteiger partial charge on any atom is -0.508 e. The summed E-state index contributed by atoms with van der Waals surface area (Å²) in [7, 11) is 0. The van der Waals surface area contributed by atoms with Crippen LogP contribution in [0.5, 0.6) is 69.0 Å². The van der Waals surface area contributed by atoms with Crippen molar-refractivity contribution in [3.05, 3.63) is 224 Å². The molecule has 9 aromatic rings. The average molecular weight is 1890 g/mol. The number of nitrogens with two attached hydrogens (primary N) is 1. The number of carbonyl (C=O) groups excluding carboxylic acids is 7. The highest BCUT2D eigenvalue weighted by atomic mass is 35.5. The minimum absolute atomic E-state index is 0.00809. The second kappa shape index (κ2) is 39.2. The van der Waals surface area contributed by atoms with Gasteiger partial charge in [-0.05, 0) is 129 Å². The predicted octanol–water partition coefficient (Wildman–Crippen LogP) is 1.36. The smallest absolute Gasteiger partial charge is 0.330 e. The summed E-state index contributed by atoms with van der Waals surface area (Å²) in [6.07, 6.45) is -28.8. The highest BCUT2D eigenvalue weighted by molar-refractivity contribution is 6.32. The molecule has 25 N–H and O–H groups in total. The molecule has 9 aliphatic rings. The van der Waals surface area contributed by atoms with Crippen LogP contribution < -0.4 is 72.0 Å². The fourth-order valence-electron chi connectivity index (χ4n) is 16.8. The van der Waals surface area contributed by atoms with Crippen molar-refractivity contribution in [1.29, 1.82) is 0 Å². The number of aromatic hydroxyl groups is 4. The Morgan fingerprint density at radius 1 is 0.485 bits per heavy atom. The summed E-state index contributed by atoms with van der Waals surface area (Å²) < 4.78 is 57.1. The van der Waals surface area contributed by atoms with Crippen LogP contribution in [0.3, 0.4) is 0 Å². The van der Waals surface area contributed by atoms with Crippen LogP contribution in [0.2, 0.25) is 10.0 Å². The fourth-order valence-corrected chi connectivity index (χ4v) is 17.2. The van der Waals surface area contributed by atoms with E-state index in [1.807, 2.05) is 54.6 Å². The number of benzene rings is 9. The number of aliphatic hydroxyl groups excluding tert-OH is 10. The first-order valence-corrected chi connectivity index (χ1v) is 42.5. The lowest BCUT2D eigenvalue weighted by atomic mass is 9.89. The number of phenols is 4. The SMILES string of the molecule is CC(=O)N[C@H]1[C@H](O[C@@H]2c3ccc(c(Cl)c3)Oc3cc4cc(c3O[C@@H]3O[C@H](CO)[C@@H](O)[C@H](O)[C@H]3N)Oc3ccc(cc3Cl)C[C@H]3NC(=O)[C@@H](NCc5ccc(-c6ccccc6)cc5)c5ccc(O)c(c5)Oc5cc(O)cc(c5)[C@H](NC3=O)C(=O)N[C@H]4C(=O)N[C@H]3C(=O)N[C@@H]2C(=O)N[C@H](C(=O)O)c2cc(O)cc(O[C@H]4O[C@H](CO)[C@@H](O)[C@H](O)[C@@H]4O)c2-c2cc3ccc2O)O[C@H](CO)[C@@H](O)[C@@H]1O. The van der Waals surface area contributed by atoms with Crippen LogP contribution in [0.15, 0.2) is 170 Å². The number of hydrogen-bond donors (Lipinski definition) is 24. The standard InChI is InChI=1S/C91H89Cl2N9O32/c1-35(106)96-71-77(115)74(112)62(33-104)131-90(71)133-80-42-14-18-56(51(93)24-42)128-60-27-44-26-59(81(60)134-89-65(94)76(114)73(111)61(32-103)130-89)127-55-17-9-37(19-50(55)92)20-52-82(118)98-68(43-21-45(107)28-47(22-43)126-57-25-41(13-16-54(57)110)66(83(119)97-52)95-31-36-7-10-39(11-8-36)38-5-3-2-4-6-38)85(121)100-69(44)86(122)99-67-40-12-15-53(109)48(23-40)64-49(70(88(124)125)101-87(123)72(80)102-84(67)120)29-46(108)30-58(64)129-91-79(117)78(116)75(113)63(34-105)132-91/h2-19,21-30,52,61-63,65-80,89-91,95,103-105,107-117H,20,31-34,94H2,1H3,(H,96,106)(H,97,119)(H,98,118)(H,99,122)(H,100,121)(H,101,123)(H,102,120)(H,124,125)/t52-,61-,62-,63-,65-,66+,67-,68+,69-,70+,71-,72+,73-,74-,75-,76-,77-,78+,79+,80-,89+,90+,91+/m1/s1. The van der Waals surface area contributed by atoms with E-state index in [9.17, 15) is 86.2 Å². The number of carboxylic acid groups (broad SMARTS) is 1. The number of phenolic OH excluding ortho intramolecular Hbond substituents is 4. The van der Waals surface area contributed by atoms with Gasteiger partial charge in [-0.3, -0.25) is 38.9 Å². The number of carboxylic acids is 1. The third kappa shape index (κ3) is 19.4. The molecule has 9 aliphatic heterocycles. The van der Waals surface area contributed by atoms with Crippen molar-refractivity contribution in [2.45, 2.75) is 160 Å². The Morgan fingerprint density at radius 2 is 1.05 bits per heavy atom. The van der Waals surface area contributed by atoms with E-state index in [0.717, 1.165) is 96.9 Å². The summed E-state index contributed by atoms with van der Waals surface area (Å²) in [5.74, 6) is -18.3. The molecule has 704 valence electrons. The maximum absolute atomic E-state index is 17.0. The predicted molar refractivity (Wildman–Crippen MR) is 461 cm³/mol. The molecule has 0 aromatic heterocycles. The van der Waals surface area contributed by atoms with Crippen molar-refractivity contribution in [2.75, 3.05) is 19.8 Å². The molecular formula is C91H89Cl2N9O32. The zero-order valence-corrected chi connectivity index (χ0v) is 71.5. The molecule has 43 heteroatoms. The summed E-state index contributed by atoms with van der Waals surface area (Å²) in [6.45, 7) is -2.12. The van der Waals surface area contributed by atoms with Gasteiger partial charge in [0.05, 0.1) is 35.9 Å². The second-order valence-electron chi connectivity index (χ2n) is 32.7. The van der Waals surface area contributed by atoms with Gasteiger partial charge in [0.2, 0.25) is 59.7 Å². The van der Waals surface area contributed by atoms with E-state index in [2.05, 4.69) is 42.5 Å². The number of amides is 7. The van der Waals surface area contributed by atoms with Gasteiger partial charge < -0.3 is 162 Å². The van der Waals surface area contributed by atoms with Crippen molar-refractivity contribution in [2.24, 2.45) is 5.73 Å². The van der Waals surface area contributed by atoms with E-state index in [0.29, 0.717) is 5.56 Å². The Balaban J connectivity index is 0.917. The zero-order valence-electron chi connectivity index (χ0n) is 70.0. The number of ether oxygens (including phenoxy) is 9. The molecule has 41 nitrogen and oxygen atoms in total. The van der Waals surface area contributed by atoms with Crippen LogP contribution in [0.25, 0.3) is 22.3 Å². The first-order chi connectivity index (χ1) is 64.1. The summed E-state index contributed by atoms with van der Waals surface area (Å²) in [5, 5.41) is 190. The molecule has 9 aromatic carbocycles. The van der Waals surface area contributed by atoms with Crippen LogP contribution in [-0.4, -0.2) is 248 Å². The summed E-state index contributed by atoms with van der Waals surface area (Å²) in [5.41, 5.74) is 5.55. The fraction of sp³-hybridized carbons (Fsp3) is 0.319. The van der Waals surface area contributed by atoms with Crippen LogP contribution in [0.4, 0.5) is 0 Å². The number of nitrogens with one attached hydrogen (secondary N) is 8. The number of fused-ring (bicyclic) bond motifs is 14. The van der Waals surface area contributed by atoms with Crippen LogP contribution in [-0.2, 0) is 70.3 Å². The topological polar surface area (TPSA) is 645 Å². The molecule has 7 amide bonds. The van der Waals surface area contributed by atoms with Crippen molar-refractivity contribution < 1.29 is 158 Å². The minimum atomic E-state index is -2.58. The molecule has 134 heavy (non-hydrogen) atoms. The monoisotopic (exact) mass is 1890 g/mol. The van der Waals surface area contributed by atoms with Gasteiger partial charge in [0, 0.05) is 48.7 Å². The Bertz CT molecular complexity index is 6030. The summed E-state index contributed by atoms with van der Waals surface area (Å²) in [4.78, 5) is 126. The highest BCUT2D eigenvalue weighted by Gasteiger charge is 2.52. The lowest BCUT2D eigenvalue weighted by Gasteiger charge is -2.44. The molecule has 0 saturated carbocycles. The molecule has 0 unspecified atom stereocenters. The maximum atomic E-state index is 17.0. The van der Waals surface area contributed by atoms with Crippen molar-refractivity contribution >= 4 is 70.5 Å². The first-order valence-electron chi connectivity index (χ1n) is 41.8. The molecule has 0 aliphatic carbocycles. The van der Waals surface area contributed by atoms with E-state index >= 15 is 28.8 Å². The molecule has 17 bridgehead atoms. The van der Waals surface area contributed by atoms with Gasteiger partial charge in [-0.15, -0.1) is 0 Å². The molecule has 0 spiro atoms. The number of aliphatic hydroxyl groups is 10. The van der Waals surface area contributed by atoms with Gasteiger partial charge in [-0.2, -0.15) is 0 Å². The third-order valence-electron chi connectivity index (χ3n) is 23.7. The quantitative estimate of drug-likeness (QED) is 0.0689. The highest BCUT2D eigenvalue weighted by Crippen LogP contribution is 2.51. The van der Waals surface area contributed by atoms with E-state index in [-0.39, 0.29) is 51.1 Å². The van der Waals surface area contributed by atoms with E-state index < -0.39 is 299 Å². The van der Waals surface area contributed by atoms with Gasteiger partial charge in [-0.25, -0.2) is 4.79 Å². The van der Waals surface area contributed by atoms with Crippen LogP contribution in [0, 0.1) is 0 Å². The van der Waals surface area contributed by atoms with Crippen molar-refractivity contribution in [1.82, 2.24) is 42.5 Å². The van der Waals surface area contributed by atoms with Gasteiger partial charge >= 0.3 is 5.97 Å². The summed E-state index contributed by atoms with van der Waals surface area (Å²) >= 11 is 14.7. The largest absolute Gasteiger partial charge is 0.508 e.